The Hall–Kier alpha value is -1.60. The summed E-state index contributed by atoms with van der Waals surface area (Å²) in [4.78, 5) is 7.84. The highest BCUT2D eigenvalue weighted by Crippen LogP contribution is 2.29. The van der Waals surface area contributed by atoms with Gasteiger partial charge in [0.25, 0.3) is 5.88 Å². The summed E-state index contributed by atoms with van der Waals surface area (Å²) in [6.45, 7) is 3.46. The van der Waals surface area contributed by atoms with Crippen molar-refractivity contribution in [3.05, 3.63) is 6.33 Å². The van der Waals surface area contributed by atoms with E-state index < -0.39 is 0 Å². The van der Waals surface area contributed by atoms with Gasteiger partial charge in [0.2, 0.25) is 5.75 Å². The molecular formula is C9H16N4O3. The Balaban J connectivity index is 2.63. The van der Waals surface area contributed by atoms with Crippen LogP contribution in [0, 0.1) is 0 Å². The number of methoxy groups -OCH3 is 1. The minimum absolute atomic E-state index is 0.338. The zero-order chi connectivity index (χ0) is 11.8. The fraction of sp³-hybridized carbons (Fsp3) is 0.556. The molecule has 1 aromatic rings. The maximum atomic E-state index is 5.38. The second-order valence-corrected chi connectivity index (χ2v) is 2.75. The van der Waals surface area contributed by atoms with Crippen LogP contribution in [0.3, 0.4) is 0 Å². The largest absolute Gasteiger partial charge is 0.489 e. The molecule has 0 aliphatic rings. The topological polar surface area (TPSA) is 91.5 Å². The van der Waals surface area contributed by atoms with Gasteiger partial charge in [-0.05, 0) is 6.92 Å². The highest BCUT2D eigenvalue weighted by molar-refractivity contribution is 5.54. The number of hydrogen-bond donors (Lipinski definition) is 2. The van der Waals surface area contributed by atoms with Gasteiger partial charge in [-0.3, -0.25) is 0 Å². The Kier molecular flexibility index (Phi) is 5.30. The van der Waals surface area contributed by atoms with Gasteiger partial charge in [-0.1, -0.05) is 0 Å². The van der Waals surface area contributed by atoms with Crippen LogP contribution in [0.5, 0.6) is 11.6 Å². The number of hydrazine groups is 1. The van der Waals surface area contributed by atoms with E-state index >= 15 is 0 Å². The van der Waals surface area contributed by atoms with E-state index in [1.807, 2.05) is 6.92 Å². The molecule has 0 aromatic carbocycles. The summed E-state index contributed by atoms with van der Waals surface area (Å²) in [6, 6.07) is 0. The minimum atomic E-state index is 0.338. The van der Waals surface area contributed by atoms with Gasteiger partial charge in [0.15, 0.2) is 5.82 Å². The van der Waals surface area contributed by atoms with Gasteiger partial charge >= 0.3 is 0 Å². The molecule has 0 spiro atoms. The Morgan fingerprint density at radius 2 is 2.19 bits per heavy atom. The van der Waals surface area contributed by atoms with Gasteiger partial charge in [-0.2, -0.15) is 4.98 Å². The number of rotatable bonds is 7. The number of aromatic nitrogens is 2. The fourth-order valence-electron chi connectivity index (χ4n) is 1.09. The Labute approximate surface area is 93.9 Å². The van der Waals surface area contributed by atoms with Gasteiger partial charge in [-0.25, -0.2) is 10.8 Å². The van der Waals surface area contributed by atoms with Crippen LogP contribution in [0.2, 0.25) is 0 Å². The van der Waals surface area contributed by atoms with Crippen molar-refractivity contribution >= 4 is 5.82 Å². The zero-order valence-corrected chi connectivity index (χ0v) is 9.40. The summed E-state index contributed by atoms with van der Waals surface area (Å²) >= 11 is 0. The van der Waals surface area contributed by atoms with Crippen molar-refractivity contribution in [2.24, 2.45) is 5.84 Å². The van der Waals surface area contributed by atoms with E-state index in [4.69, 9.17) is 20.1 Å². The Morgan fingerprint density at radius 1 is 1.38 bits per heavy atom. The number of nitrogen functional groups attached to an aromatic ring is 1. The Morgan fingerprint density at radius 3 is 2.81 bits per heavy atom. The minimum Gasteiger partial charge on any atom is -0.489 e. The summed E-state index contributed by atoms with van der Waals surface area (Å²) in [6.07, 6.45) is 1.34. The van der Waals surface area contributed by atoms with Crippen molar-refractivity contribution in [3.63, 3.8) is 0 Å². The quantitative estimate of drug-likeness (QED) is 0.391. The van der Waals surface area contributed by atoms with Crippen molar-refractivity contribution in [3.8, 4) is 11.6 Å². The normalized spacial score (nSPS) is 9.94. The molecule has 0 fully saturated rings. The molecule has 1 rings (SSSR count). The van der Waals surface area contributed by atoms with Crippen molar-refractivity contribution in [2.75, 3.05) is 32.4 Å². The zero-order valence-electron chi connectivity index (χ0n) is 9.40. The van der Waals surface area contributed by atoms with Crippen LogP contribution in [-0.4, -0.2) is 36.9 Å². The summed E-state index contributed by atoms with van der Waals surface area (Å²) in [5.41, 5.74) is 2.40. The van der Waals surface area contributed by atoms with Crippen LogP contribution in [0.4, 0.5) is 5.82 Å². The summed E-state index contributed by atoms with van der Waals surface area (Å²) in [7, 11) is 1.49. The van der Waals surface area contributed by atoms with E-state index in [0.29, 0.717) is 37.3 Å². The van der Waals surface area contributed by atoms with E-state index in [0.717, 1.165) is 0 Å². The average Bonchev–Trinajstić information content (AvgIpc) is 2.34. The third-order valence-corrected chi connectivity index (χ3v) is 1.78. The molecule has 0 amide bonds. The molecule has 7 nitrogen and oxygen atoms in total. The maximum Gasteiger partial charge on any atom is 0.262 e. The first-order valence-electron chi connectivity index (χ1n) is 4.89. The third-order valence-electron chi connectivity index (χ3n) is 1.78. The van der Waals surface area contributed by atoms with Gasteiger partial charge in [-0.15, -0.1) is 0 Å². The number of nitrogens with one attached hydrogen (secondary N) is 1. The number of anilines is 1. The van der Waals surface area contributed by atoms with Gasteiger partial charge in [0.1, 0.15) is 12.9 Å². The molecule has 0 bridgehead atoms. The molecule has 7 heteroatoms. The molecule has 0 unspecified atom stereocenters. The number of nitrogens with two attached hydrogens (primary N) is 1. The highest BCUT2D eigenvalue weighted by atomic mass is 16.5. The molecular weight excluding hydrogens is 212 g/mol. The lowest BCUT2D eigenvalue weighted by Crippen LogP contribution is -2.13. The smallest absolute Gasteiger partial charge is 0.262 e. The SMILES string of the molecule is CCOCCOc1ncnc(NN)c1OC. The Bertz CT molecular complexity index is 322. The fourth-order valence-corrected chi connectivity index (χ4v) is 1.09. The maximum absolute atomic E-state index is 5.38. The number of ether oxygens (including phenoxy) is 3. The number of hydrogen-bond acceptors (Lipinski definition) is 7. The molecule has 90 valence electrons. The first-order chi connectivity index (χ1) is 7.83. The van der Waals surface area contributed by atoms with E-state index in [2.05, 4.69) is 15.4 Å². The molecule has 0 radical (unpaired) electrons. The second-order valence-electron chi connectivity index (χ2n) is 2.75. The van der Waals surface area contributed by atoms with E-state index in [-0.39, 0.29) is 0 Å². The van der Waals surface area contributed by atoms with Crippen molar-refractivity contribution in [1.82, 2.24) is 9.97 Å². The first-order valence-corrected chi connectivity index (χ1v) is 4.89. The molecule has 0 saturated carbocycles. The molecule has 3 N–H and O–H groups in total. The first kappa shape index (κ1) is 12.5. The molecule has 16 heavy (non-hydrogen) atoms. The van der Waals surface area contributed by atoms with E-state index in [1.165, 1.54) is 13.4 Å². The van der Waals surface area contributed by atoms with Crippen molar-refractivity contribution in [2.45, 2.75) is 6.92 Å². The van der Waals surface area contributed by atoms with Crippen molar-refractivity contribution < 1.29 is 14.2 Å². The lowest BCUT2D eigenvalue weighted by molar-refractivity contribution is 0.107. The third kappa shape index (κ3) is 3.21. The summed E-state index contributed by atoms with van der Waals surface area (Å²) in [5.74, 6) is 6.36. The second kappa shape index (κ2) is 6.81. The van der Waals surface area contributed by atoms with Crippen LogP contribution in [-0.2, 0) is 4.74 Å². The van der Waals surface area contributed by atoms with Gasteiger partial charge < -0.3 is 19.6 Å². The predicted octanol–water partition coefficient (Wildman–Crippen LogP) is 0.186. The molecule has 0 aliphatic carbocycles. The molecule has 0 aliphatic heterocycles. The standard InChI is InChI=1S/C9H16N4O3/c1-3-15-4-5-16-9-7(14-2)8(13-10)11-6-12-9/h6H,3-5,10H2,1-2H3,(H,11,12,13). The lowest BCUT2D eigenvalue weighted by Gasteiger charge is -2.11. The van der Waals surface area contributed by atoms with Crippen LogP contribution in [0.25, 0.3) is 0 Å². The van der Waals surface area contributed by atoms with Crippen LogP contribution in [0.1, 0.15) is 6.92 Å². The summed E-state index contributed by atoms with van der Waals surface area (Å²) < 4.78 is 15.6. The molecule has 0 saturated heterocycles. The van der Waals surface area contributed by atoms with Gasteiger partial charge in [0, 0.05) is 6.61 Å². The van der Waals surface area contributed by atoms with Crippen LogP contribution >= 0.6 is 0 Å². The molecule has 1 aromatic heterocycles. The van der Waals surface area contributed by atoms with Crippen molar-refractivity contribution in [1.29, 1.82) is 0 Å². The molecule has 1 heterocycles. The highest BCUT2D eigenvalue weighted by Gasteiger charge is 2.12. The monoisotopic (exact) mass is 228 g/mol. The predicted molar refractivity (Wildman–Crippen MR) is 58.4 cm³/mol. The average molecular weight is 228 g/mol. The van der Waals surface area contributed by atoms with Crippen LogP contribution < -0.4 is 20.7 Å². The van der Waals surface area contributed by atoms with Crippen LogP contribution in [0.15, 0.2) is 6.33 Å². The lowest BCUT2D eigenvalue weighted by atomic mass is 10.5. The summed E-state index contributed by atoms with van der Waals surface area (Å²) in [5, 5.41) is 0. The van der Waals surface area contributed by atoms with E-state index in [1.54, 1.807) is 0 Å². The molecule has 0 atom stereocenters. The van der Waals surface area contributed by atoms with Gasteiger partial charge in [0.05, 0.1) is 13.7 Å². The van der Waals surface area contributed by atoms with E-state index in [9.17, 15) is 0 Å². The number of nitrogens with zero attached hydrogens (tertiary/aromatic N) is 2.